The minimum absolute atomic E-state index is 0.381. The summed E-state index contributed by atoms with van der Waals surface area (Å²) in [4.78, 5) is 0. The molecule has 0 radical (unpaired) electrons. The highest BCUT2D eigenvalue weighted by Gasteiger charge is 2.28. The van der Waals surface area contributed by atoms with E-state index in [0.29, 0.717) is 5.92 Å². The summed E-state index contributed by atoms with van der Waals surface area (Å²) >= 11 is 3.73. The van der Waals surface area contributed by atoms with Crippen molar-refractivity contribution in [1.82, 2.24) is 4.57 Å². The van der Waals surface area contributed by atoms with Crippen LogP contribution >= 0.6 is 15.9 Å². The fourth-order valence-corrected chi connectivity index (χ4v) is 8.87. The zero-order valence-electron chi connectivity index (χ0n) is 27.1. The fourth-order valence-electron chi connectivity index (χ4n) is 8.49. The predicted molar refractivity (Wildman–Crippen MR) is 212 cm³/mol. The van der Waals surface area contributed by atoms with Crippen LogP contribution in [0.2, 0.25) is 0 Å². The lowest BCUT2D eigenvalue weighted by molar-refractivity contribution is 0.796. The van der Waals surface area contributed by atoms with Crippen LogP contribution in [-0.2, 0) is 0 Å². The minimum atomic E-state index is 0.381. The molecule has 8 aromatic carbocycles. The molecule has 1 aliphatic rings. The lowest BCUT2D eigenvalue weighted by Crippen LogP contribution is -1.98. The van der Waals surface area contributed by atoms with E-state index in [1.165, 1.54) is 93.5 Å². The molecule has 10 rings (SSSR count). The van der Waals surface area contributed by atoms with E-state index in [9.17, 15) is 0 Å². The molecule has 1 heterocycles. The quantitative estimate of drug-likeness (QED) is 0.173. The normalized spacial score (nSPS) is 13.8. The van der Waals surface area contributed by atoms with Crippen molar-refractivity contribution < 1.29 is 0 Å². The van der Waals surface area contributed by atoms with E-state index >= 15 is 0 Å². The second-order valence-corrected chi connectivity index (χ2v) is 14.2. The molecule has 232 valence electrons. The predicted octanol–water partition coefficient (Wildman–Crippen LogP) is 13.7. The molecule has 9 aromatic rings. The molecule has 1 unspecified atom stereocenters. The first kappa shape index (κ1) is 28.6. The van der Waals surface area contributed by atoms with Crippen LogP contribution in [0.1, 0.15) is 30.4 Å². The van der Waals surface area contributed by atoms with Gasteiger partial charge in [-0.3, -0.25) is 0 Å². The van der Waals surface area contributed by atoms with Gasteiger partial charge in [0.15, 0.2) is 0 Å². The van der Waals surface area contributed by atoms with Crippen LogP contribution in [0.5, 0.6) is 0 Å². The van der Waals surface area contributed by atoms with E-state index in [0.717, 1.165) is 10.9 Å². The zero-order valence-corrected chi connectivity index (χ0v) is 28.7. The van der Waals surface area contributed by atoms with E-state index in [1.54, 1.807) is 0 Å². The van der Waals surface area contributed by atoms with Gasteiger partial charge in [0.05, 0.1) is 11.0 Å². The Morgan fingerprint density at radius 2 is 1.00 bits per heavy atom. The number of fused-ring (bicyclic) bond motifs is 8. The monoisotopic (exact) mass is 689 g/mol. The van der Waals surface area contributed by atoms with E-state index in [-0.39, 0.29) is 0 Å². The Hall–Kier alpha value is -5.44. The highest BCUT2D eigenvalue weighted by molar-refractivity contribution is 9.10. The Balaban J connectivity index is 1.23. The van der Waals surface area contributed by atoms with Crippen molar-refractivity contribution in [3.8, 4) is 39.1 Å². The number of nitrogens with zero attached hydrogens (tertiary/aromatic N) is 1. The van der Waals surface area contributed by atoms with Crippen molar-refractivity contribution in [2.24, 2.45) is 0 Å². The van der Waals surface area contributed by atoms with Crippen LogP contribution in [0.15, 0.2) is 162 Å². The van der Waals surface area contributed by atoms with Crippen molar-refractivity contribution >= 4 is 59.3 Å². The van der Waals surface area contributed by atoms with Crippen LogP contribution in [0, 0.1) is 0 Å². The van der Waals surface area contributed by atoms with Gasteiger partial charge in [-0.05, 0) is 121 Å². The Morgan fingerprint density at radius 1 is 0.469 bits per heavy atom. The summed E-state index contributed by atoms with van der Waals surface area (Å²) in [6, 6.07) is 58.7. The molecule has 0 fully saturated rings. The van der Waals surface area contributed by atoms with Gasteiger partial charge in [-0.15, -0.1) is 0 Å². The lowest BCUT2D eigenvalue weighted by Gasteiger charge is -2.14. The van der Waals surface area contributed by atoms with Crippen molar-refractivity contribution in [2.75, 3.05) is 0 Å². The molecule has 1 aliphatic carbocycles. The average Bonchev–Trinajstić information content (AvgIpc) is 3.64. The third-order valence-electron chi connectivity index (χ3n) is 10.7. The lowest BCUT2D eigenvalue weighted by atomic mass is 9.94. The molecule has 49 heavy (non-hydrogen) atoms. The summed E-state index contributed by atoms with van der Waals surface area (Å²) in [5, 5.41) is 7.61. The van der Waals surface area contributed by atoms with Crippen LogP contribution in [-0.4, -0.2) is 4.57 Å². The third-order valence-corrected chi connectivity index (χ3v) is 11.2. The summed E-state index contributed by atoms with van der Waals surface area (Å²) in [6.07, 6.45) is 1.07. The van der Waals surface area contributed by atoms with Gasteiger partial charge in [0.25, 0.3) is 0 Å². The van der Waals surface area contributed by atoms with Gasteiger partial charge >= 0.3 is 0 Å². The molecule has 1 atom stereocenters. The summed E-state index contributed by atoms with van der Waals surface area (Å²) in [6.45, 7) is 2.31. The van der Waals surface area contributed by atoms with E-state index in [1.807, 2.05) is 0 Å². The molecule has 0 saturated carbocycles. The Kier molecular flexibility index (Phi) is 6.44. The van der Waals surface area contributed by atoms with Crippen LogP contribution in [0.4, 0.5) is 0 Å². The number of benzene rings is 8. The van der Waals surface area contributed by atoms with Crippen molar-refractivity contribution in [2.45, 2.75) is 19.3 Å². The maximum absolute atomic E-state index is 3.73. The topological polar surface area (TPSA) is 4.93 Å². The number of halogens is 1. The highest BCUT2D eigenvalue weighted by Crippen LogP contribution is 2.48. The molecule has 0 bridgehead atoms. The summed E-state index contributed by atoms with van der Waals surface area (Å²) in [7, 11) is 0. The maximum atomic E-state index is 3.73. The van der Waals surface area contributed by atoms with Crippen molar-refractivity contribution in [3.05, 3.63) is 173 Å². The first-order valence-electron chi connectivity index (χ1n) is 17.1. The van der Waals surface area contributed by atoms with Gasteiger partial charge in [-0.1, -0.05) is 132 Å². The summed E-state index contributed by atoms with van der Waals surface area (Å²) < 4.78 is 3.63. The van der Waals surface area contributed by atoms with Crippen LogP contribution < -0.4 is 0 Å². The van der Waals surface area contributed by atoms with E-state index in [2.05, 4.69) is 185 Å². The van der Waals surface area contributed by atoms with Gasteiger partial charge in [0, 0.05) is 26.9 Å². The molecule has 0 aliphatic heterocycles. The highest BCUT2D eigenvalue weighted by atomic mass is 79.9. The third kappa shape index (κ3) is 4.37. The van der Waals surface area contributed by atoms with Gasteiger partial charge < -0.3 is 4.57 Å². The second kappa shape index (κ2) is 11.1. The second-order valence-electron chi connectivity index (χ2n) is 13.3. The number of hydrogen-bond donors (Lipinski definition) is 0. The number of rotatable bonds is 4. The minimum Gasteiger partial charge on any atom is -0.309 e. The maximum Gasteiger partial charge on any atom is 0.0541 e. The van der Waals surface area contributed by atoms with Gasteiger partial charge in [-0.2, -0.15) is 0 Å². The molecule has 1 nitrogen and oxygen atoms in total. The van der Waals surface area contributed by atoms with Crippen molar-refractivity contribution in [1.29, 1.82) is 0 Å². The van der Waals surface area contributed by atoms with Gasteiger partial charge in [0.1, 0.15) is 0 Å². The average molecular weight is 691 g/mol. The van der Waals surface area contributed by atoms with E-state index in [4.69, 9.17) is 0 Å². The molecular weight excluding hydrogens is 658 g/mol. The Labute approximate surface area is 294 Å². The largest absolute Gasteiger partial charge is 0.309 e. The standard InChI is InChI=1S/C47H32BrN/c1-2-35-42-27-33(48)19-21-40(42)41-22-20-34(28-43(35)41)49-46-23-17-31(38-15-7-11-29-9-3-5-13-36(29)38)25-44(46)45-26-32(18-24-47(45)49)39-16-8-12-30-10-4-6-14-37(30)39/h3-28,35H,2H2,1H3. The first-order chi connectivity index (χ1) is 24.2. The first-order valence-corrected chi connectivity index (χ1v) is 17.9. The number of aromatic nitrogens is 1. The van der Waals surface area contributed by atoms with Crippen molar-refractivity contribution in [3.63, 3.8) is 0 Å². The molecule has 0 N–H and O–H groups in total. The van der Waals surface area contributed by atoms with E-state index < -0.39 is 0 Å². The Morgan fingerprint density at radius 3 is 1.59 bits per heavy atom. The molecule has 2 heteroatoms. The smallest absolute Gasteiger partial charge is 0.0541 e. The fraction of sp³-hybridized carbons (Fsp3) is 0.0638. The zero-order chi connectivity index (χ0) is 32.6. The molecule has 0 amide bonds. The molecule has 0 spiro atoms. The summed E-state index contributed by atoms with van der Waals surface area (Å²) in [5.74, 6) is 0.381. The Bertz CT molecular complexity index is 2640. The number of hydrogen-bond acceptors (Lipinski definition) is 0. The molecule has 0 saturated heterocycles. The molecular formula is C47H32BrN. The SMILES string of the molecule is CCC1c2cc(Br)ccc2-c2ccc(-n3c4ccc(-c5cccc6ccccc56)cc4c4cc(-c5cccc6ccccc56)ccc43)cc21. The molecule has 1 aromatic heterocycles. The van der Waals surface area contributed by atoms with Gasteiger partial charge in [0.2, 0.25) is 0 Å². The summed E-state index contributed by atoms with van der Waals surface area (Å²) in [5.41, 5.74) is 14.2. The van der Waals surface area contributed by atoms with Gasteiger partial charge in [-0.25, -0.2) is 0 Å². The van der Waals surface area contributed by atoms with Crippen LogP contribution in [0.3, 0.4) is 0 Å². The van der Waals surface area contributed by atoms with Crippen LogP contribution in [0.25, 0.3) is 82.4 Å².